The minimum absolute atomic E-state index is 0.0718. The fourth-order valence-corrected chi connectivity index (χ4v) is 3.00. The highest BCUT2D eigenvalue weighted by molar-refractivity contribution is 6.47. The van der Waals surface area contributed by atoms with E-state index in [0.29, 0.717) is 30.7 Å². The minimum atomic E-state index is -1.07. The van der Waals surface area contributed by atoms with Crippen LogP contribution in [0.2, 0.25) is 5.82 Å². The summed E-state index contributed by atoms with van der Waals surface area (Å²) in [4.78, 5) is 27.8. The Hall–Kier alpha value is -2.41. The lowest BCUT2D eigenvalue weighted by Gasteiger charge is -2.28. The predicted molar refractivity (Wildman–Crippen MR) is 89.0 cm³/mol. The van der Waals surface area contributed by atoms with E-state index in [1.54, 1.807) is 24.7 Å². The number of para-hydroxylation sites is 1. The second-order valence-electron chi connectivity index (χ2n) is 6.12. The SMILES string of the molecule is CC(=O)c1cccc2c1OB(O)[C@@H](CC(=O)CCn1ccnc1)C2. The number of Topliss-reactive ketones (excluding diaryl/α,β-unsaturated/α-hetero) is 2. The molecule has 3 rings (SSSR count). The molecule has 0 amide bonds. The van der Waals surface area contributed by atoms with E-state index in [2.05, 4.69) is 4.98 Å². The van der Waals surface area contributed by atoms with Crippen LogP contribution in [0.25, 0.3) is 0 Å². The number of rotatable bonds is 6. The van der Waals surface area contributed by atoms with Crippen molar-refractivity contribution in [1.82, 2.24) is 9.55 Å². The molecule has 2 heterocycles. The average Bonchev–Trinajstić information content (AvgIpc) is 3.06. The number of carbonyl (C=O) groups is 2. The van der Waals surface area contributed by atoms with Gasteiger partial charge < -0.3 is 14.2 Å². The molecule has 1 atom stereocenters. The molecule has 0 radical (unpaired) electrons. The Morgan fingerprint density at radius 1 is 1.46 bits per heavy atom. The number of hydrogen-bond donors (Lipinski definition) is 1. The molecule has 1 aliphatic heterocycles. The zero-order valence-electron chi connectivity index (χ0n) is 13.5. The Bertz CT molecular complexity index is 745. The van der Waals surface area contributed by atoms with Crippen LogP contribution in [0.5, 0.6) is 5.75 Å². The van der Waals surface area contributed by atoms with Gasteiger partial charge >= 0.3 is 7.12 Å². The molecular weight excluding hydrogens is 307 g/mol. The third-order valence-electron chi connectivity index (χ3n) is 4.30. The summed E-state index contributed by atoms with van der Waals surface area (Å²) in [7, 11) is -1.07. The molecule has 1 aromatic carbocycles. The number of carbonyl (C=O) groups excluding carboxylic acids is 2. The van der Waals surface area contributed by atoms with Gasteiger partial charge in [0, 0.05) is 37.6 Å². The van der Waals surface area contributed by atoms with Crippen molar-refractivity contribution in [2.75, 3.05) is 0 Å². The molecule has 1 aliphatic rings. The summed E-state index contributed by atoms with van der Waals surface area (Å²) in [6.07, 6.45) is 6.32. The van der Waals surface area contributed by atoms with Crippen LogP contribution >= 0.6 is 0 Å². The number of fused-ring (bicyclic) bond motifs is 1. The number of aryl methyl sites for hydroxylation is 1. The Kier molecular flexibility index (Phi) is 4.80. The van der Waals surface area contributed by atoms with Crippen LogP contribution in [0.4, 0.5) is 0 Å². The third-order valence-corrected chi connectivity index (χ3v) is 4.30. The van der Waals surface area contributed by atoms with Crippen LogP contribution in [0.1, 0.15) is 35.7 Å². The summed E-state index contributed by atoms with van der Waals surface area (Å²) in [5.74, 6) is 0.117. The van der Waals surface area contributed by atoms with E-state index in [4.69, 9.17) is 4.65 Å². The fraction of sp³-hybridized carbons (Fsp3) is 0.353. The lowest BCUT2D eigenvalue weighted by Crippen LogP contribution is -2.35. The van der Waals surface area contributed by atoms with Gasteiger partial charge in [0.15, 0.2) is 5.78 Å². The molecule has 24 heavy (non-hydrogen) atoms. The molecule has 1 N–H and O–H groups in total. The molecule has 0 saturated carbocycles. The van der Waals surface area contributed by atoms with Gasteiger partial charge in [0.2, 0.25) is 0 Å². The first-order valence-corrected chi connectivity index (χ1v) is 7.99. The van der Waals surface area contributed by atoms with Crippen LogP contribution in [-0.4, -0.2) is 33.3 Å². The number of hydrogen-bond acceptors (Lipinski definition) is 5. The van der Waals surface area contributed by atoms with Gasteiger partial charge in [-0.25, -0.2) is 4.98 Å². The van der Waals surface area contributed by atoms with Gasteiger partial charge in [0.1, 0.15) is 11.5 Å². The predicted octanol–water partition coefficient (Wildman–Crippen LogP) is 1.92. The minimum Gasteiger partial charge on any atom is -0.535 e. The van der Waals surface area contributed by atoms with Crippen LogP contribution in [0.3, 0.4) is 0 Å². The molecule has 0 spiro atoms. The van der Waals surface area contributed by atoms with Crippen molar-refractivity contribution in [3.05, 3.63) is 48.0 Å². The highest BCUT2D eigenvalue weighted by atomic mass is 16.5. The second-order valence-corrected chi connectivity index (χ2v) is 6.12. The van der Waals surface area contributed by atoms with E-state index in [-0.39, 0.29) is 23.8 Å². The highest BCUT2D eigenvalue weighted by Gasteiger charge is 2.37. The van der Waals surface area contributed by atoms with Gasteiger partial charge in [0.25, 0.3) is 0 Å². The summed E-state index contributed by atoms with van der Waals surface area (Å²) < 4.78 is 7.40. The molecule has 0 unspecified atom stereocenters. The second kappa shape index (κ2) is 7.01. The molecular formula is C17H19BN2O4. The van der Waals surface area contributed by atoms with E-state index in [1.165, 1.54) is 6.92 Å². The molecule has 7 heteroatoms. The van der Waals surface area contributed by atoms with Gasteiger partial charge in [-0.2, -0.15) is 0 Å². The summed E-state index contributed by atoms with van der Waals surface area (Å²) >= 11 is 0. The smallest absolute Gasteiger partial charge is 0.526 e. The molecule has 0 fully saturated rings. The van der Waals surface area contributed by atoms with Gasteiger partial charge in [-0.3, -0.25) is 9.59 Å². The number of nitrogens with zero attached hydrogens (tertiary/aromatic N) is 2. The largest absolute Gasteiger partial charge is 0.535 e. The van der Waals surface area contributed by atoms with Crippen LogP contribution < -0.4 is 4.65 Å². The first-order valence-electron chi connectivity index (χ1n) is 7.99. The van der Waals surface area contributed by atoms with E-state index in [0.717, 1.165) is 5.56 Å². The number of aromatic nitrogens is 2. The highest BCUT2D eigenvalue weighted by Crippen LogP contribution is 2.36. The molecule has 0 bridgehead atoms. The molecule has 6 nitrogen and oxygen atoms in total. The summed E-state index contributed by atoms with van der Waals surface area (Å²) in [5.41, 5.74) is 1.33. The Labute approximate surface area is 140 Å². The van der Waals surface area contributed by atoms with Crippen LogP contribution in [0.15, 0.2) is 36.9 Å². The molecule has 124 valence electrons. The maximum Gasteiger partial charge on any atom is 0.526 e. The maximum absolute atomic E-state index is 12.2. The molecule has 0 aliphatic carbocycles. The van der Waals surface area contributed by atoms with Crippen molar-refractivity contribution in [2.45, 2.75) is 38.5 Å². The van der Waals surface area contributed by atoms with Gasteiger partial charge in [-0.05, 0) is 25.0 Å². The van der Waals surface area contributed by atoms with Crippen molar-refractivity contribution in [3.8, 4) is 5.75 Å². The van der Waals surface area contributed by atoms with E-state index < -0.39 is 7.12 Å². The average molecular weight is 326 g/mol. The van der Waals surface area contributed by atoms with Crippen molar-refractivity contribution in [3.63, 3.8) is 0 Å². The van der Waals surface area contributed by atoms with Crippen molar-refractivity contribution >= 4 is 18.7 Å². The zero-order chi connectivity index (χ0) is 17.1. The molecule has 0 saturated heterocycles. The normalized spacial score (nSPS) is 16.4. The van der Waals surface area contributed by atoms with Gasteiger partial charge in [0.05, 0.1) is 11.9 Å². The lowest BCUT2D eigenvalue weighted by molar-refractivity contribution is -0.119. The summed E-state index contributed by atoms with van der Waals surface area (Å²) in [6, 6.07) is 5.36. The third kappa shape index (κ3) is 3.57. The Morgan fingerprint density at radius 3 is 3.00 bits per heavy atom. The van der Waals surface area contributed by atoms with E-state index in [9.17, 15) is 14.6 Å². The van der Waals surface area contributed by atoms with Gasteiger partial charge in [-0.15, -0.1) is 0 Å². The topological polar surface area (TPSA) is 81.4 Å². The fourth-order valence-electron chi connectivity index (χ4n) is 3.00. The monoisotopic (exact) mass is 326 g/mol. The molecule has 2 aromatic rings. The number of imidazole rings is 1. The van der Waals surface area contributed by atoms with Crippen LogP contribution in [0, 0.1) is 0 Å². The summed E-state index contributed by atoms with van der Waals surface area (Å²) in [6.45, 7) is 2.05. The maximum atomic E-state index is 12.2. The summed E-state index contributed by atoms with van der Waals surface area (Å²) in [5, 5.41) is 10.2. The first-order chi connectivity index (χ1) is 11.5. The zero-order valence-corrected chi connectivity index (χ0v) is 13.5. The lowest BCUT2D eigenvalue weighted by atomic mass is 9.64. The standard InChI is InChI=1S/C17H19BN2O4/c1-12(21)16-4-2-3-13-9-14(18(23)24-17(13)16)10-15(22)5-7-20-8-6-19-11-20/h2-4,6,8,11,14,23H,5,7,9-10H2,1H3/t14-/m1/s1. The number of ketones is 2. The van der Waals surface area contributed by atoms with E-state index >= 15 is 0 Å². The Morgan fingerprint density at radius 2 is 2.29 bits per heavy atom. The molecule has 1 aromatic heterocycles. The van der Waals surface area contributed by atoms with Crippen molar-refractivity contribution in [1.29, 1.82) is 0 Å². The van der Waals surface area contributed by atoms with E-state index in [1.807, 2.05) is 16.8 Å². The first kappa shape index (κ1) is 16.5. The number of benzene rings is 1. The van der Waals surface area contributed by atoms with Crippen molar-refractivity contribution < 1.29 is 19.3 Å². The van der Waals surface area contributed by atoms with Crippen molar-refractivity contribution in [2.24, 2.45) is 0 Å². The van der Waals surface area contributed by atoms with Crippen LogP contribution in [-0.2, 0) is 17.8 Å². The Balaban J connectivity index is 1.64. The van der Waals surface area contributed by atoms with Gasteiger partial charge in [-0.1, -0.05) is 12.1 Å². The quantitative estimate of drug-likeness (QED) is 0.648.